The maximum absolute atomic E-state index is 11.3. The number of likely N-dealkylation sites (tertiary alicyclic amines) is 1. The number of aliphatic carboxylic acids is 1. The first-order chi connectivity index (χ1) is 7.13. The quantitative estimate of drug-likeness (QED) is 0.740. The maximum Gasteiger partial charge on any atom is 0.303 e. The van der Waals surface area contributed by atoms with Crippen molar-refractivity contribution in [2.45, 2.75) is 25.7 Å². The van der Waals surface area contributed by atoms with Crippen LogP contribution in [0, 0.1) is 17.2 Å². The van der Waals surface area contributed by atoms with Crippen molar-refractivity contribution in [3.05, 3.63) is 0 Å². The number of piperidine rings is 1. The fourth-order valence-corrected chi connectivity index (χ4v) is 1.81. The summed E-state index contributed by atoms with van der Waals surface area (Å²) in [7, 11) is 0. The van der Waals surface area contributed by atoms with Crippen LogP contribution >= 0.6 is 0 Å². The molecule has 0 atom stereocenters. The molecule has 0 spiro atoms. The van der Waals surface area contributed by atoms with Gasteiger partial charge in [0.05, 0.1) is 6.07 Å². The predicted octanol–water partition coefficient (Wildman–Crippen LogP) is 0.613. The molecule has 0 aromatic rings. The summed E-state index contributed by atoms with van der Waals surface area (Å²) in [5.74, 6) is -0.753. The smallest absolute Gasteiger partial charge is 0.303 e. The fraction of sp³-hybridized carbons (Fsp3) is 0.700. The SMILES string of the molecule is N#CCC(=O)N1CCC(CC(=O)O)CC1. The normalized spacial score (nSPS) is 17.1. The third-order valence-corrected chi connectivity index (χ3v) is 2.66. The number of nitriles is 1. The van der Waals surface area contributed by atoms with Gasteiger partial charge in [-0.15, -0.1) is 0 Å². The molecular weight excluding hydrogens is 196 g/mol. The second-order valence-electron chi connectivity index (χ2n) is 3.76. The van der Waals surface area contributed by atoms with Gasteiger partial charge in [-0.05, 0) is 18.8 Å². The Labute approximate surface area is 88.3 Å². The molecule has 1 aliphatic heterocycles. The fourth-order valence-electron chi connectivity index (χ4n) is 1.81. The number of carbonyl (C=O) groups is 2. The van der Waals surface area contributed by atoms with Crippen LogP contribution in [0.25, 0.3) is 0 Å². The van der Waals surface area contributed by atoms with E-state index in [1.54, 1.807) is 4.90 Å². The lowest BCUT2D eigenvalue weighted by atomic mass is 9.93. The number of hydrogen-bond acceptors (Lipinski definition) is 3. The standard InChI is InChI=1S/C10H14N2O3/c11-4-1-9(13)12-5-2-8(3-6-12)7-10(14)15/h8H,1-3,5-7H2,(H,14,15). The highest BCUT2D eigenvalue weighted by Gasteiger charge is 2.23. The van der Waals surface area contributed by atoms with Crippen molar-refractivity contribution < 1.29 is 14.7 Å². The van der Waals surface area contributed by atoms with Crippen LogP contribution < -0.4 is 0 Å². The Morgan fingerprint density at radius 2 is 2.00 bits per heavy atom. The van der Waals surface area contributed by atoms with Crippen molar-refractivity contribution in [1.82, 2.24) is 4.90 Å². The Kier molecular flexibility index (Phi) is 4.10. The Balaban J connectivity index is 2.33. The second kappa shape index (κ2) is 5.35. The number of carbonyl (C=O) groups excluding carboxylic acids is 1. The molecule has 5 heteroatoms. The summed E-state index contributed by atoms with van der Waals surface area (Å²) < 4.78 is 0. The van der Waals surface area contributed by atoms with Gasteiger partial charge in [0.25, 0.3) is 0 Å². The zero-order valence-electron chi connectivity index (χ0n) is 8.48. The van der Waals surface area contributed by atoms with Crippen molar-refractivity contribution >= 4 is 11.9 Å². The number of amides is 1. The predicted molar refractivity (Wildman–Crippen MR) is 51.8 cm³/mol. The maximum atomic E-state index is 11.3. The first kappa shape index (κ1) is 11.5. The highest BCUT2D eigenvalue weighted by molar-refractivity contribution is 5.78. The molecule has 15 heavy (non-hydrogen) atoms. The Bertz CT molecular complexity index is 288. The van der Waals surface area contributed by atoms with E-state index in [0.717, 1.165) is 12.8 Å². The van der Waals surface area contributed by atoms with Crippen LogP contribution in [0.5, 0.6) is 0 Å². The summed E-state index contributed by atoms with van der Waals surface area (Å²) in [4.78, 5) is 23.4. The van der Waals surface area contributed by atoms with Crippen molar-refractivity contribution in [3.8, 4) is 6.07 Å². The largest absolute Gasteiger partial charge is 0.481 e. The van der Waals surface area contributed by atoms with Crippen molar-refractivity contribution in [2.24, 2.45) is 5.92 Å². The van der Waals surface area contributed by atoms with Gasteiger partial charge in [0.2, 0.25) is 5.91 Å². The number of carboxylic acid groups (broad SMARTS) is 1. The number of rotatable bonds is 3. The van der Waals surface area contributed by atoms with Crippen molar-refractivity contribution in [2.75, 3.05) is 13.1 Å². The average Bonchev–Trinajstić information content (AvgIpc) is 2.18. The minimum Gasteiger partial charge on any atom is -0.481 e. The summed E-state index contributed by atoms with van der Waals surface area (Å²) in [5.41, 5.74) is 0. The molecule has 0 unspecified atom stereocenters. The van der Waals surface area contributed by atoms with Gasteiger partial charge in [0.15, 0.2) is 0 Å². The topological polar surface area (TPSA) is 81.4 Å². The third kappa shape index (κ3) is 3.58. The Morgan fingerprint density at radius 3 is 2.47 bits per heavy atom. The first-order valence-corrected chi connectivity index (χ1v) is 5.00. The van der Waals surface area contributed by atoms with E-state index >= 15 is 0 Å². The minimum absolute atomic E-state index is 0.0798. The lowest BCUT2D eigenvalue weighted by molar-refractivity contribution is -0.138. The van der Waals surface area contributed by atoms with Gasteiger partial charge in [0, 0.05) is 19.5 Å². The van der Waals surface area contributed by atoms with Gasteiger partial charge in [-0.2, -0.15) is 5.26 Å². The lowest BCUT2D eigenvalue weighted by Gasteiger charge is -2.30. The molecule has 1 aliphatic rings. The molecule has 5 nitrogen and oxygen atoms in total. The van der Waals surface area contributed by atoms with E-state index in [9.17, 15) is 9.59 Å². The van der Waals surface area contributed by atoms with Crippen molar-refractivity contribution in [1.29, 1.82) is 5.26 Å². The van der Waals surface area contributed by atoms with Gasteiger partial charge in [-0.3, -0.25) is 9.59 Å². The van der Waals surface area contributed by atoms with Crippen LogP contribution in [0.3, 0.4) is 0 Å². The monoisotopic (exact) mass is 210 g/mol. The molecule has 1 N–H and O–H groups in total. The molecule has 0 aromatic heterocycles. The number of hydrogen-bond donors (Lipinski definition) is 1. The molecule has 1 saturated heterocycles. The molecule has 82 valence electrons. The highest BCUT2D eigenvalue weighted by Crippen LogP contribution is 2.20. The summed E-state index contributed by atoms with van der Waals surface area (Å²) >= 11 is 0. The molecule has 0 bridgehead atoms. The van der Waals surface area contributed by atoms with Gasteiger partial charge in [0.1, 0.15) is 6.42 Å². The highest BCUT2D eigenvalue weighted by atomic mass is 16.4. The summed E-state index contributed by atoms with van der Waals surface area (Å²) in [6.45, 7) is 1.16. The van der Waals surface area contributed by atoms with Crippen LogP contribution in [-0.4, -0.2) is 35.0 Å². The average molecular weight is 210 g/mol. The Morgan fingerprint density at radius 1 is 1.40 bits per heavy atom. The van der Waals surface area contributed by atoms with Gasteiger partial charge in [-0.1, -0.05) is 0 Å². The van der Waals surface area contributed by atoms with E-state index in [-0.39, 0.29) is 24.7 Å². The van der Waals surface area contributed by atoms with Crippen LogP contribution in [0.2, 0.25) is 0 Å². The molecule has 0 aromatic carbocycles. The number of carboxylic acids is 1. The van der Waals surface area contributed by atoms with Crippen LogP contribution in [-0.2, 0) is 9.59 Å². The van der Waals surface area contributed by atoms with Crippen LogP contribution in [0.4, 0.5) is 0 Å². The molecule has 0 radical (unpaired) electrons. The molecule has 1 fully saturated rings. The molecule has 0 saturated carbocycles. The van der Waals surface area contributed by atoms with Gasteiger partial charge in [-0.25, -0.2) is 0 Å². The molecule has 1 rings (SSSR count). The van der Waals surface area contributed by atoms with Crippen molar-refractivity contribution in [3.63, 3.8) is 0 Å². The zero-order valence-corrected chi connectivity index (χ0v) is 8.48. The van der Waals surface area contributed by atoms with E-state index in [0.29, 0.717) is 13.1 Å². The molecule has 0 aliphatic carbocycles. The van der Waals surface area contributed by atoms with Gasteiger partial charge < -0.3 is 10.0 Å². The third-order valence-electron chi connectivity index (χ3n) is 2.66. The zero-order chi connectivity index (χ0) is 11.3. The summed E-state index contributed by atoms with van der Waals surface area (Å²) in [6, 6.07) is 1.82. The molecule has 1 amide bonds. The van der Waals surface area contributed by atoms with E-state index in [2.05, 4.69) is 0 Å². The van der Waals surface area contributed by atoms with E-state index in [4.69, 9.17) is 10.4 Å². The minimum atomic E-state index is -0.781. The van der Waals surface area contributed by atoms with Crippen LogP contribution in [0.1, 0.15) is 25.7 Å². The van der Waals surface area contributed by atoms with Crippen LogP contribution in [0.15, 0.2) is 0 Å². The summed E-state index contributed by atoms with van der Waals surface area (Å²) in [5, 5.41) is 17.0. The molecular formula is C10H14N2O3. The first-order valence-electron chi connectivity index (χ1n) is 5.00. The Hall–Kier alpha value is -1.57. The van der Waals surface area contributed by atoms with E-state index in [1.165, 1.54) is 0 Å². The van der Waals surface area contributed by atoms with E-state index in [1.807, 2.05) is 6.07 Å². The second-order valence-corrected chi connectivity index (χ2v) is 3.76. The van der Waals surface area contributed by atoms with Gasteiger partial charge >= 0.3 is 5.97 Å². The van der Waals surface area contributed by atoms with E-state index < -0.39 is 5.97 Å². The number of nitrogens with zero attached hydrogens (tertiary/aromatic N) is 2. The summed E-state index contributed by atoms with van der Waals surface area (Å²) in [6.07, 6.45) is 1.55. The lowest BCUT2D eigenvalue weighted by Crippen LogP contribution is -2.38. The molecule has 1 heterocycles.